The highest BCUT2D eigenvalue weighted by atomic mass is 16.2. The molecule has 4 rings (SSSR count). The van der Waals surface area contributed by atoms with Crippen molar-refractivity contribution in [1.29, 1.82) is 0 Å². The van der Waals surface area contributed by atoms with Gasteiger partial charge in [0.1, 0.15) is 5.41 Å². The molecule has 3 nitrogen and oxygen atoms in total. The van der Waals surface area contributed by atoms with Crippen molar-refractivity contribution in [3.8, 4) is 0 Å². The van der Waals surface area contributed by atoms with Crippen molar-refractivity contribution in [2.24, 2.45) is 29.1 Å². The number of benzene rings is 1. The number of Topliss-reactive ketones (excluding diaryl/α,β-unsaturated/α-hetero) is 1. The van der Waals surface area contributed by atoms with Crippen molar-refractivity contribution in [3.63, 3.8) is 0 Å². The maximum atomic E-state index is 13.8. The molecule has 3 aliphatic rings. The number of carbonyl (C=O) groups is 2. The first kappa shape index (κ1) is 16.3. The van der Waals surface area contributed by atoms with Crippen LogP contribution in [0.1, 0.15) is 38.7 Å². The first-order valence-electron chi connectivity index (χ1n) is 9.36. The van der Waals surface area contributed by atoms with Crippen LogP contribution in [0.2, 0.25) is 0 Å². The average molecular weight is 335 g/mol. The summed E-state index contributed by atoms with van der Waals surface area (Å²) in [6.45, 7) is 4.24. The van der Waals surface area contributed by atoms with Crippen molar-refractivity contribution < 1.29 is 9.59 Å². The van der Waals surface area contributed by atoms with Gasteiger partial charge in [0.15, 0.2) is 5.78 Å². The molecule has 1 amide bonds. The zero-order valence-electron chi connectivity index (χ0n) is 14.9. The molecule has 0 unspecified atom stereocenters. The molecule has 2 aliphatic carbocycles. The molecule has 1 heterocycles. The summed E-state index contributed by atoms with van der Waals surface area (Å²) in [7, 11) is 0. The zero-order chi connectivity index (χ0) is 17.6. The van der Waals surface area contributed by atoms with Gasteiger partial charge in [0.25, 0.3) is 0 Å². The Bertz CT molecular complexity index is 763. The number of hydrogen-bond donors (Lipinski definition) is 1. The van der Waals surface area contributed by atoms with Crippen molar-refractivity contribution >= 4 is 17.3 Å². The molecule has 1 fully saturated rings. The highest BCUT2D eigenvalue weighted by molar-refractivity contribution is 6.32. The van der Waals surface area contributed by atoms with Crippen molar-refractivity contribution in [2.45, 2.75) is 33.1 Å². The summed E-state index contributed by atoms with van der Waals surface area (Å²) >= 11 is 0. The van der Waals surface area contributed by atoms with Gasteiger partial charge in [-0.25, -0.2) is 0 Å². The van der Waals surface area contributed by atoms with E-state index < -0.39 is 5.41 Å². The second-order valence-corrected chi connectivity index (χ2v) is 7.87. The second kappa shape index (κ2) is 5.98. The van der Waals surface area contributed by atoms with Gasteiger partial charge in [0, 0.05) is 11.8 Å². The summed E-state index contributed by atoms with van der Waals surface area (Å²) in [6, 6.07) is 9.70. The summed E-state index contributed by atoms with van der Waals surface area (Å²) in [4.78, 5) is 26.9. The van der Waals surface area contributed by atoms with Gasteiger partial charge in [0.05, 0.1) is 0 Å². The van der Waals surface area contributed by atoms with E-state index in [1.54, 1.807) is 6.20 Å². The fourth-order valence-electron chi connectivity index (χ4n) is 5.42. The number of ketones is 1. The highest BCUT2D eigenvalue weighted by Crippen LogP contribution is 2.56. The predicted molar refractivity (Wildman–Crippen MR) is 98.3 cm³/mol. The normalized spacial score (nSPS) is 37.4. The molecule has 0 bridgehead atoms. The molecule has 3 heteroatoms. The van der Waals surface area contributed by atoms with Crippen molar-refractivity contribution in [2.75, 3.05) is 0 Å². The van der Waals surface area contributed by atoms with Crippen LogP contribution >= 0.6 is 0 Å². The number of amides is 1. The Morgan fingerprint density at radius 2 is 1.80 bits per heavy atom. The van der Waals surface area contributed by atoms with Crippen LogP contribution in [0.25, 0.3) is 5.57 Å². The first-order chi connectivity index (χ1) is 12.1. The molecule has 1 aromatic rings. The van der Waals surface area contributed by atoms with Gasteiger partial charge >= 0.3 is 0 Å². The third-order valence-electron chi connectivity index (χ3n) is 6.59. The van der Waals surface area contributed by atoms with Gasteiger partial charge in [-0.3, -0.25) is 9.59 Å². The van der Waals surface area contributed by atoms with E-state index in [9.17, 15) is 9.59 Å². The predicted octanol–water partition coefficient (Wildman–Crippen LogP) is 3.97. The lowest BCUT2D eigenvalue weighted by Gasteiger charge is -2.52. The summed E-state index contributed by atoms with van der Waals surface area (Å²) in [5.74, 6) is 0.581. The number of rotatable bonds is 1. The van der Waals surface area contributed by atoms with Gasteiger partial charge in [0.2, 0.25) is 5.91 Å². The minimum Gasteiger partial charge on any atom is -0.331 e. The number of fused-ring (bicyclic) bond motifs is 2. The first-order valence-corrected chi connectivity index (χ1v) is 9.36. The second-order valence-electron chi connectivity index (χ2n) is 7.87. The zero-order valence-corrected chi connectivity index (χ0v) is 14.9. The molecule has 1 aliphatic heterocycles. The van der Waals surface area contributed by atoms with E-state index in [4.69, 9.17) is 0 Å². The third-order valence-corrected chi connectivity index (χ3v) is 6.59. The molecule has 0 radical (unpaired) electrons. The number of hydrogen-bond acceptors (Lipinski definition) is 2. The number of nitrogens with one attached hydrogen (secondary N) is 1. The average Bonchev–Trinajstić information content (AvgIpc) is 2.62. The summed E-state index contributed by atoms with van der Waals surface area (Å²) < 4.78 is 0. The van der Waals surface area contributed by atoms with Crippen LogP contribution in [0.5, 0.6) is 0 Å². The van der Waals surface area contributed by atoms with Crippen LogP contribution < -0.4 is 5.32 Å². The fourth-order valence-corrected chi connectivity index (χ4v) is 5.42. The van der Waals surface area contributed by atoms with Gasteiger partial charge < -0.3 is 5.32 Å². The Morgan fingerprint density at radius 1 is 1.04 bits per heavy atom. The Balaban J connectivity index is 1.86. The quantitative estimate of drug-likeness (QED) is 0.623. The van der Waals surface area contributed by atoms with Crippen LogP contribution in [-0.4, -0.2) is 11.7 Å². The fraction of sp³-hybridized carbons (Fsp3) is 0.455. The van der Waals surface area contributed by atoms with Gasteiger partial charge in [-0.2, -0.15) is 0 Å². The minimum atomic E-state index is -0.973. The van der Waals surface area contributed by atoms with Gasteiger partial charge in [-0.1, -0.05) is 69.2 Å². The van der Waals surface area contributed by atoms with Gasteiger partial charge in [-0.05, 0) is 35.7 Å². The van der Waals surface area contributed by atoms with E-state index in [0.29, 0.717) is 17.4 Å². The molecule has 5 atom stereocenters. The van der Waals surface area contributed by atoms with E-state index in [-0.39, 0.29) is 23.5 Å². The van der Waals surface area contributed by atoms with E-state index in [1.807, 2.05) is 37.3 Å². The molecule has 0 aromatic heterocycles. The lowest BCUT2D eigenvalue weighted by atomic mass is 9.50. The minimum absolute atomic E-state index is 0.00282. The maximum Gasteiger partial charge on any atom is 0.238 e. The molecule has 0 saturated heterocycles. The third kappa shape index (κ3) is 2.25. The molecule has 1 spiro atoms. The van der Waals surface area contributed by atoms with Gasteiger partial charge in [-0.15, -0.1) is 0 Å². The molecule has 25 heavy (non-hydrogen) atoms. The SMILES string of the molecule is C[C@@H]1CCC[C@@H]2C=C[C@H](C)[C@@]3(C(=O)NC=C(c4ccccc4)C3=O)[C@@H]12. The Kier molecular flexibility index (Phi) is 3.90. The lowest BCUT2D eigenvalue weighted by molar-refractivity contribution is -0.152. The molecular formula is C22H25NO2. The lowest BCUT2D eigenvalue weighted by Crippen LogP contribution is -2.61. The van der Waals surface area contributed by atoms with E-state index in [2.05, 4.69) is 24.4 Å². The molecular weight excluding hydrogens is 310 g/mol. The molecule has 130 valence electrons. The van der Waals surface area contributed by atoms with E-state index in [1.165, 1.54) is 6.42 Å². The summed E-state index contributed by atoms with van der Waals surface area (Å²) in [6.07, 6.45) is 9.31. The van der Waals surface area contributed by atoms with Crippen molar-refractivity contribution in [1.82, 2.24) is 5.32 Å². The smallest absolute Gasteiger partial charge is 0.238 e. The van der Waals surface area contributed by atoms with E-state index in [0.717, 1.165) is 18.4 Å². The Labute approximate surface area is 149 Å². The van der Waals surface area contributed by atoms with Crippen LogP contribution in [0.4, 0.5) is 0 Å². The molecule has 1 saturated carbocycles. The maximum absolute atomic E-state index is 13.8. The van der Waals surface area contributed by atoms with Crippen LogP contribution in [0, 0.1) is 29.1 Å². The highest BCUT2D eigenvalue weighted by Gasteiger charge is 2.61. The van der Waals surface area contributed by atoms with Crippen LogP contribution in [0.15, 0.2) is 48.7 Å². The van der Waals surface area contributed by atoms with Crippen LogP contribution in [0.3, 0.4) is 0 Å². The number of allylic oxidation sites excluding steroid dienone is 3. The molecule has 1 N–H and O–H groups in total. The topological polar surface area (TPSA) is 46.2 Å². The Hall–Kier alpha value is -2.16. The van der Waals surface area contributed by atoms with Crippen LogP contribution in [-0.2, 0) is 9.59 Å². The van der Waals surface area contributed by atoms with E-state index >= 15 is 0 Å². The molecule has 1 aromatic carbocycles. The number of carbonyl (C=O) groups excluding carboxylic acids is 2. The summed E-state index contributed by atoms with van der Waals surface area (Å²) in [5.41, 5.74) is 0.548. The summed E-state index contributed by atoms with van der Waals surface area (Å²) in [5, 5.41) is 2.95. The monoisotopic (exact) mass is 335 g/mol. The Morgan fingerprint density at radius 3 is 2.56 bits per heavy atom. The standard InChI is InChI=1S/C22H25NO2/c1-14-7-6-10-17-12-11-15(2)22(19(14)17)20(24)18(13-23-21(22)25)16-8-4-3-5-9-16/h3-5,8-9,11-15,17,19H,6-7,10H2,1-2H3,(H,23,25)/t14-,15+,17-,19+,22-/m1/s1. The largest absolute Gasteiger partial charge is 0.331 e. The van der Waals surface area contributed by atoms with Crippen molar-refractivity contribution in [3.05, 3.63) is 54.2 Å².